The summed E-state index contributed by atoms with van der Waals surface area (Å²) in [6, 6.07) is 13.6. The van der Waals surface area contributed by atoms with Gasteiger partial charge in [0.25, 0.3) is 0 Å². The van der Waals surface area contributed by atoms with Crippen LogP contribution < -0.4 is 10.3 Å². The largest absolute Gasteiger partial charge is 0.395 e. The molecule has 0 amide bonds. The molecule has 122 valence electrons. The lowest BCUT2D eigenvalue weighted by atomic mass is 10.1. The Morgan fingerprint density at radius 2 is 1.96 bits per heavy atom. The number of likely N-dealkylation sites (N-methyl/N-ethyl adjacent to an activating group) is 1. The van der Waals surface area contributed by atoms with Crippen LogP contribution in [0, 0.1) is 6.92 Å². The van der Waals surface area contributed by atoms with E-state index in [2.05, 4.69) is 41.4 Å². The van der Waals surface area contributed by atoms with Crippen molar-refractivity contribution >= 4 is 29.2 Å². The predicted octanol–water partition coefficient (Wildman–Crippen LogP) is 3.91. The lowest BCUT2D eigenvalue weighted by Gasteiger charge is -2.22. The van der Waals surface area contributed by atoms with E-state index in [0.29, 0.717) is 11.6 Å². The molecule has 2 aromatic rings. The van der Waals surface area contributed by atoms with E-state index in [9.17, 15) is 0 Å². The second kappa shape index (κ2) is 8.56. The first kappa shape index (κ1) is 17.3. The van der Waals surface area contributed by atoms with Crippen molar-refractivity contribution in [1.82, 2.24) is 0 Å². The van der Waals surface area contributed by atoms with Crippen LogP contribution in [0.1, 0.15) is 18.1 Å². The Morgan fingerprint density at radius 1 is 1.22 bits per heavy atom. The van der Waals surface area contributed by atoms with E-state index in [1.165, 1.54) is 0 Å². The minimum absolute atomic E-state index is 0.154. The molecule has 0 aliphatic rings. The first-order chi connectivity index (χ1) is 11.1. The number of hydrazone groups is 1. The maximum absolute atomic E-state index is 9.12. The van der Waals surface area contributed by atoms with E-state index in [4.69, 9.17) is 16.7 Å². The number of rotatable bonds is 7. The lowest BCUT2D eigenvalue weighted by Crippen LogP contribution is -2.26. The number of nitrogens with zero attached hydrogens (tertiary/aromatic N) is 2. The molecule has 0 saturated carbocycles. The molecule has 0 radical (unpaired) electrons. The van der Waals surface area contributed by atoms with Crippen molar-refractivity contribution in [2.75, 3.05) is 30.0 Å². The van der Waals surface area contributed by atoms with Gasteiger partial charge >= 0.3 is 0 Å². The molecule has 0 aliphatic heterocycles. The summed E-state index contributed by atoms with van der Waals surface area (Å²) in [6.45, 7) is 5.80. The minimum atomic E-state index is 0.154. The van der Waals surface area contributed by atoms with Gasteiger partial charge in [0.2, 0.25) is 0 Å². The normalized spacial score (nSPS) is 11.0. The molecule has 0 saturated heterocycles. The number of hydrogen-bond donors (Lipinski definition) is 2. The number of nitrogens with one attached hydrogen (secondary N) is 1. The number of halogens is 1. The van der Waals surface area contributed by atoms with Gasteiger partial charge in [-0.2, -0.15) is 5.10 Å². The van der Waals surface area contributed by atoms with E-state index in [-0.39, 0.29) is 6.61 Å². The zero-order valence-electron chi connectivity index (χ0n) is 13.5. The Balaban J connectivity index is 2.05. The van der Waals surface area contributed by atoms with Crippen molar-refractivity contribution in [3.05, 3.63) is 58.6 Å². The number of hydrogen-bond acceptors (Lipinski definition) is 4. The van der Waals surface area contributed by atoms with Crippen LogP contribution in [0.4, 0.5) is 11.4 Å². The molecule has 0 heterocycles. The molecule has 0 atom stereocenters. The molecule has 2 N–H and O–H groups in total. The molecule has 0 aliphatic carbocycles. The third-order valence-corrected chi connectivity index (χ3v) is 3.86. The highest BCUT2D eigenvalue weighted by Crippen LogP contribution is 2.18. The van der Waals surface area contributed by atoms with Crippen molar-refractivity contribution in [3.63, 3.8) is 0 Å². The second-order valence-electron chi connectivity index (χ2n) is 5.22. The van der Waals surface area contributed by atoms with Crippen LogP contribution in [0.5, 0.6) is 0 Å². The number of aliphatic hydroxyl groups excluding tert-OH is 1. The SMILES string of the molecule is CCN(CCO)c1ccc(/C=N\Nc2ccc(Cl)cc2)c(C)c1. The zero-order chi connectivity index (χ0) is 16.7. The fourth-order valence-electron chi connectivity index (χ4n) is 2.29. The number of benzene rings is 2. The summed E-state index contributed by atoms with van der Waals surface area (Å²) in [7, 11) is 0. The van der Waals surface area contributed by atoms with Crippen molar-refractivity contribution in [1.29, 1.82) is 0 Å². The van der Waals surface area contributed by atoms with Gasteiger partial charge in [-0.25, -0.2) is 0 Å². The zero-order valence-corrected chi connectivity index (χ0v) is 14.2. The highest BCUT2D eigenvalue weighted by atomic mass is 35.5. The van der Waals surface area contributed by atoms with Crippen LogP contribution in [-0.4, -0.2) is 31.0 Å². The van der Waals surface area contributed by atoms with E-state index in [0.717, 1.165) is 29.0 Å². The monoisotopic (exact) mass is 331 g/mol. The number of aliphatic hydroxyl groups is 1. The van der Waals surface area contributed by atoms with Crippen LogP contribution in [0.15, 0.2) is 47.6 Å². The van der Waals surface area contributed by atoms with Gasteiger partial charge in [0.15, 0.2) is 0 Å². The van der Waals surface area contributed by atoms with Crippen LogP contribution in [0.3, 0.4) is 0 Å². The minimum Gasteiger partial charge on any atom is -0.395 e. The maximum atomic E-state index is 9.12. The van der Waals surface area contributed by atoms with E-state index >= 15 is 0 Å². The fraction of sp³-hybridized carbons (Fsp3) is 0.278. The van der Waals surface area contributed by atoms with Crippen molar-refractivity contribution in [2.24, 2.45) is 5.10 Å². The summed E-state index contributed by atoms with van der Waals surface area (Å²) < 4.78 is 0. The molecule has 23 heavy (non-hydrogen) atoms. The van der Waals surface area contributed by atoms with Gasteiger partial charge in [-0.15, -0.1) is 0 Å². The van der Waals surface area contributed by atoms with Crippen LogP contribution >= 0.6 is 11.6 Å². The molecule has 0 fully saturated rings. The average Bonchev–Trinajstić information content (AvgIpc) is 2.56. The third kappa shape index (κ3) is 4.98. The highest BCUT2D eigenvalue weighted by molar-refractivity contribution is 6.30. The average molecular weight is 332 g/mol. The summed E-state index contributed by atoms with van der Waals surface area (Å²) in [4.78, 5) is 2.14. The second-order valence-corrected chi connectivity index (χ2v) is 5.66. The summed E-state index contributed by atoms with van der Waals surface area (Å²) in [5.41, 5.74) is 7.18. The van der Waals surface area contributed by atoms with Crippen molar-refractivity contribution < 1.29 is 5.11 Å². The fourth-order valence-corrected chi connectivity index (χ4v) is 2.42. The molecular weight excluding hydrogens is 310 g/mol. The quantitative estimate of drug-likeness (QED) is 0.597. The predicted molar refractivity (Wildman–Crippen MR) is 98.8 cm³/mol. The number of anilines is 2. The molecule has 0 bridgehead atoms. The molecular formula is C18H22ClN3O. The lowest BCUT2D eigenvalue weighted by molar-refractivity contribution is 0.302. The van der Waals surface area contributed by atoms with Gasteiger partial charge in [-0.1, -0.05) is 17.7 Å². The van der Waals surface area contributed by atoms with Gasteiger partial charge < -0.3 is 10.0 Å². The molecule has 5 heteroatoms. The topological polar surface area (TPSA) is 47.9 Å². The Labute approximate surface area is 142 Å². The molecule has 2 rings (SSSR count). The first-order valence-corrected chi connectivity index (χ1v) is 8.03. The van der Waals surface area contributed by atoms with E-state index in [1.807, 2.05) is 30.3 Å². The van der Waals surface area contributed by atoms with Gasteiger partial charge in [-0.3, -0.25) is 5.43 Å². The van der Waals surface area contributed by atoms with Gasteiger partial charge in [-0.05, 0) is 61.4 Å². The third-order valence-electron chi connectivity index (χ3n) is 3.61. The summed E-state index contributed by atoms with van der Waals surface area (Å²) >= 11 is 5.85. The highest BCUT2D eigenvalue weighted by Gasteiger charge is 2.05. The Bertz CT molecular complexity index is 656. The van der Waals surface area contributed by atoms with E-state index in [1.54, 1.807) is 6.21 Å². The summed E-state index contributed by atoms with van der Waals surface area (Å²) in [6.07, 6.45) is 1.80. The van der Waals surface area contributed by atoms with E-state index < -0.39 is 0 Å². The Kier molecular flexibility index (Phi) is 6.44. The van der Waals surface area contributed by atoms with Crippen LogP contribution in [0.25, 0.3) is 0 Å². The smallest absolute Gasteiger partial charge is 0.0606 e. The van der Waals surface area contributed by atoms with Crippen LogP contribution in [0.2, 0.25) is 5.02 Å². The van der Waals surface area contributed by atoms with Crippen LogP contribution in [-0.2, 0) is 0 Å². The summed E-state index contributed by atoms with van der Waals surface area (Å²) in [5.74, 6) is 0. The standard InChI is InChI=1S/C18H22ClN3O/c1-3-22(10-11-23)18-9-4-15(14(2)12-18)13-20-21-17-7-5-16(19)6-8-17/h4-9,12-13,21,23H,3,10-11H2,1-2H3/b20-13-. The molecule has 4 nitrogen and oxygen atoms in total. The Hall–Kier alpha value is -2.04. The number of aryl methyl sites for hydroxylation is 1. The molecule has 0 aromatic heterocycles. The van der Waals surface area contributed by atoms with Crippen molar-refractivity contribution in [3.8, 4) is 0 Å². The van der Waals surface area contributed by atoms with Gasteiger partial charge in [0.1, 0.15) is 0 Å². The molecule has 0 spiro atoms. The molecule has 0 unspecified atom stereocenters. The Morgan fingerprint density at radius 3 is 2.57 bits per heavy atom. The summed E-state index contributed by atoms with van der Waals surface area (Å²) in [5, 5.41) is 14.1. The maximum Gasteiger partial charge on any atom is 0.0606 e. The van der Waals surface area contributed by atoms with Crippen molar-refractivity contribution in [2.45, 2.75) is 13.8 Å². The molecule has 2 aromatic carbocycles. The first-order valence-electron chi connectivity index (χ1n) is 7.65. The van der Waals surface area contributed by atoms with Gasteiger partial charge in [0.05, 0.1) is 18.5 Å². The van der Waals surface area contributed by atoms with Gasteiger partial charge in [0, 0.05) is 23.8 Å².